The topological polar surface area (TPSA) is 45.4 Å². The molecule has 0 spiro atoms. The Morgan fingerprint density at radius 2 is 2.24 bits per heavy atom. The summed E-state index contributed by atoms with van der Waals surface area (Å²) in [4.78, 5) is 9.28. The van der Waals surface area contributed by atoms with Crippen molar-refractivity contribution in [3.63, 3.8) is 0 Å². The maximum absolute atomic E-state index is 5.69. The van der Waals surface area contributed by atoms with Crippen LogP contribution in [0.4, 0.5) is 11.5 Å². The lowest BCUT2D eigenvalue weighted by molar-refractivity contribution is 0.327. The van der Waals surface area contributed by atoms with Crippen LogP contribution in [0.3, 0.4) is 0 Å². The van der Waals surface area contributed by atoms with Gasteiger partial charge in [0.05, 0.1) is 11.9 Å². The molecule has 0 radical (unpaired) electrons. The van der Waals surface area contributed by atoms with Crippen LogP contribution < -0.4 is 10.6 Å². The molecule has 2 rings (SSSR count). The number of aromatic nitrogens is 1. The number of anilines is 2. The summed E-state index contributed by atoms with van der Waals surface area (Å²) < 4.78 is 0. The smallest absolute Gasteiger partial charge is 0.128 e. The lowest BCUT2D eigenvalue weighted by Crippen LogP contribution is -2.40. The van der Waals surface area contributed by atoms with Gasteiger partial charge in [-0.1, -0.05) is 6.92 Å². The highest BCUT2D eigenvalue weighted by atomic mass is 15.3. The molecule has 0 aromatic carbocycles. The van der Waals surface area contributed by atoms with E-state index in [2.05, 4.69) is 28.8 Å². The van der Waals surface area contributed by atoms with Gasteiger partial charge in [-0.25, -0.2) is 4.98 Å². The Morgan fingerprint density at radius 3 is 2.88 bits per heavy atom. The van der Waals surface area contributed by atoms with Crippen LogP contribution in [0, 0.1) is 0 Å². The van der Waals surface area contributed by atoms with Crippen molar-refractivity contribution < 1.29 is 0 Å². The molecule has 4 heteroatoms. The fraction of sp³-hybridized carbons (Fsp3) is 0.615. The first-order chi connectivity index (χ1) is 8.20. The Hall–Kier alpha value is -1.29. The second kappa shape index (κ2) is 5.36. The van der Waals surface area contributed by atoms with Gasteiger partial charge in [-0.15, -0.1) is 0 Å². The molecule has 2 heterocycles. The third-order valence-corrected chi connectivity index (χ3v) is 3.44. The first-order valence-corrected chi connectivity index (χ1v) is 6.37. The van der Waals surface area contributed by atoms with Gasteiger partial charge >= 0.3 is 0 Å². The summed E-state index contributed by atoms with van der Waals surface area (Å²) in [6.07, 6.45) is 4.09. The highest BCUT2D eigenvalue weighted by Gasteiger charge is 2.22. The SMILES string of the molecule is CCC1CN(C)CCCN1c1ccc(N)cn1. The number of likely N-dealkylation sites (N-methyl/N-ethyl adjacent to an activating group) is 1. The lowest BCUT2D eigenvalue weighted by Gasteiger charge is -2.31. The fourth-order valence-electron chi connectivity index (χ4n) is 2.46. The Morgan fingerprint density at radius 1 is 1.41 bits per heavy atom. The molecule has 1 fully saturated rings. The molecule has 1 aromatic rings. The van der Waals surface area contributed by atoms with Crippen LogP contribution in [-0.2, 0) is 0 Å². The summed E-state index contributed by atoms with van der Waals surface area (Å²) in [5, 5.41) is 0. The molecule has 17 heavy (non-hydrogen) atoms. The van der Waals surface area contributed by atoms with Gasteiger partial charge in [-0.2, -0.15) is 0 Å². The van der Waals surface area contributed by atoms with Crippen molar-refractivity contribution in [1.29, 1.82) is 0 Å². The molecule has 0 aliphatic carbocycles. The highest BCUT2D eigenvalue weighted by Crippen LogP contribution is 2.20. The zero-order valence-corrected chi connectivity index (χ0v) is 10.8. The van der Waals surface area contributed by atoms with Gasteiger partial charge in [0.25, 0.3) is 0 Å². The van der Waals surface area contributed by atoms with Gasteiger partial charge in [-0.3, -0.25) is 0 Å². The number of nitrogen functional groups attached to an aromatic ring is 1. The number of pyridine rings is 1. The minimum atomic E-state index is 0.554. The van der Waals surface area contributed by atoms with Crippen LogP contribution >= 0.6 is 0 Å². The van der Waals surface area contributed by atoms with Gasteiger partial charge in [0.2, 0.25) is 0 Å². The number of nitrogens with zero attached hydrogens (tertiary/aromatic N) is 3. The van der Waals surface area contributed by atoms with Gasteiger partial charge < -0.3 is 15.5 Å². The van der Waals surface area contributed by atoms with E-state index in [1.807, 2.05) is 12.1 Å². The fourth-order valence-corrected chi connectivity index (χ4v) is 2.46. The molecule has 1 atom stereocenters. The van der Waals surface area contributed by atoms with Gasteiger partial charge in [-0.05, 0) is 38.6 Å². The van der Waals surface area contributed by atoms with Gasteiger partial charge in [0.1, 0.15) is 5.82 Å². The number of rotatable bonds is 2. The molecular formula is C13H22N4. The van der Waals surface area contributed by atoms with E-state index in [0.29, 0.717) is 6.04 Å². The standard InChI is InChI=1S/C13H22N4/c1-3-12-10-16(2)7-4-8-17(12)13-6-5-11(14)9-15-13/h5-6,9,12H,3-4,7-8,10,14H2,1-2H3. The summed E-state index contributed by atoms with van der Waals surface area (Å²) in [6, 6.07) is 4.52. The van der Waals surface area contributed by atoms with Gasteiger partial charge in [0, 0.05) is 19.1 Å². The maximum Gasteiger partial charge on any atom is 0.128 e. The van der Waals surface area contributed by atoms with Crippen LogP contribution in [0.25, 0.3) is 0 Å². The van der Waals surface area contributed by atoms with Crippen LogP contribution in [0.2, 0.25) is 0 Å². The van der Waals surface area contributed by atoms with E-state index in [-0.39, 0.29) is 0 Å². The van der Waals surface area contributed by atoms with E-state index in [0.717, 1.165) is 31.0 Å². The van der Waals surface area contributed by atoms with E-state index in [1.54, 1.807) is 6.20 Å². The molecule has 0 saturated carbocycles. The Balaban J connectivity index is 2.19. The zero-order chi connectivity index (χ0) is 12.3. The second-order valence-corrected chi connectivity index (χ2v) is 4.82. The van der Waals surface area contributed by atoms with Crippen LogP contribution in [0.1, 0.15) is 19.8 Å². The van der Waals surface area contributed by atoms with Crippen molar-refractivity contribution in [2.75, 3.05) is 37.3 Å². The second-order valence-electron chi connectivity index (χ2n) is 4.82. The van der Waals surface area contributed by atoms with Crippen LogP contribution in [0.15, 0.2) is 18.3 Å². The Labute approximate surface area is 103 Å². The maximum atomic E-state index is 5.69. The van der Waals surface area contributed by atoms with Gasteiger partial charge in [0.15, 0.2) is 0 Å². The molecule has 1 saturated heterocycles. The molecule has 1 aliphatic heterocycles. The summed E-state index contributed by atoms with van der Waals surface area (Å²) in [5.74, 6) is 1.06. The Bertz CT molecular complexity index is 349. The number of hydrogen-bond acceptors (Lipinski definition) is 4. The van der Waals surface area contributed by atoms with Crippen LogP contribution in [-0.4, -0.2) is 42.6 Å². The Kier molecular flexibility index (Phi) is 3.84. The van der Waals surface area contributed by atoms with Crippen molar-refractivity contribution in [2.24, 2.45) is 0 Å². The molecule has 2 N–H and O–H groups in total. The average molecular weight is 234 g/mol. The summed E-state index contributed by atoms with van der Waals surface area (Å²) in [7, 11) is 2.20. The third kappa shape index (κ3) is 2.88. The van der Waals surface area contributed by atoms with Crippen molar-refractivity contribution in [3.05, 3.63) is 18.3 Å². The van der Waals surface area contributed by atoms with E-state index in [1.165, 1.54) is 13.0 Å². The number of hydrogen-bond donors (Lipinski definition) is 1. The first-order valence-electron chi connectivity index (χ1n) is 6.37. The molecule has 0 bridgehead atoms. The largest absolute Gasteiger partial charge is 0.397 e. The zero-order valence-electron chi connectivity index (χ0n) is 10.8. The molecule has 1 aromatic heterocycles. The molecule has 1 aliphatic rings. The van der Waals surface area contributed by atoms with E-state index in [4.69, 9.17) is 5.73 Å². The van der Waals surface area contributed by atoms with Crippen molar-refractivity contribution in [1.82, 2.24) is 9.88 Å². The highest BCUT2D eigenvalue weighted by molar-refractivity contribution is 5.46. The minimum Gasteiger partial charge on any atom is -0.397 e. The van der Waals surface area contributed by atoms with Crippen molar-refractivity contribution in [2.45, 2.75) is 25.8 Å². The first kappa shape index (κ1) is 12.2. The summed E-state index contributed by atoms with van der Waals surface area (Å²) >= 11 is 0. The summed E-state index contributed by atoms with van der Waals surface area (Å²) in [6.45, 7) is 5.61. The van der Waals surface area contributed by atoms with Crippen molar-refractivity contribution in [3.8, 4) is 0 Å². The summed E-state index contributed by atoms with van der Waals surface area (Å²) in [5.41, 5.74) is 6.42. The third-order valence-electron chi connectivity index (χ3n) is 3.44. The molecular weight excluding hydrogens is 212 g/mol. The minimum absolute atomic E-state index is 0.554. The molecule has 94 valence electrons. The lowest BCUT2D eigenvalue weighted by atomic mass is 10.2. The van der Waals surface area contributed by atoms with Crippen LogP contribution in [0.5, 0.6) is 0 Å². The average Bonchev–Trinajstić information content (AvgIpc) is 2.52. The monoisotopic (exact) mass is 234 g/mol. The van der Waals surface area contributed by atoms with E-state index in [9.17, 15) is 0 Å². The number of nitrogens with two attached hydrogens (primary N) is 1. The quantitative estimate of drug-likeness (QED) is 0.844. The van der Waals surface area contributed by atoms with E-state index >= 15 is 0 Å². The molecule has 1 unspecified atom stereocenters. The van der Waals surface area contributed by atoms with Crippen molar-refractivity contribution >= 4 is 11.5 Å². The predicted molar refractivity (Wildman–Crippen MR) is 72.2 cm³/mol. The molecule has 0 amide bonds. The molecule has 4 nitrogen and oxygen atoms in total. The normalized spacial score (nSPS) is 22.5. The predicted octanol–water partition coefficient (Wildman–Crippen LogP) is 1.58. The van der Waals surface area contributed by atoms with E-state index < -0.39 is 0 Å².